The number of carbonyl (C=O) groups is 3. The summed E-state index contributed by atoms with van der Waals surface area (Å²) in [5, 5.41) is 6.17. The van der Waals surface area contributed by atoms with Gasteiger partial charge in [-0.05, 0) is 54.8 Å². The van der Waals surface area contributed by atoms with Crippen molar-refractivity contribution in [2.75, 3.05) is 14.1 Å². The zero-order valence-corrected chi connectivity index (χ0v) is 31.0. The number of nitrogens with one attached hydrogen (secondary N) is 3. The van der Waals surface area contributed by atoms with Crippen molar-refractivity contribution in [3.8, 4) is 0 Å². The van der Waals surface area contributed by atoms with Gasteiger partial charge in [-0.15, -0.1) is 0 Å². The van der Waals surface area contributed by atoms with Crippen LogP contribution in [-0.2, 0) is 41.1 Å². The molecule has 2 aromatic carbocycles. The van der Waals surface area contributed by atoms with E-state index in [0.717, 1.165) is 24.0 Å². The van der Waals surface area contributed by atoms with Gasteiger partial charge in [-0.3, -0.25) is 14.4 Å². The SMILES string of the molecule is CN[C@H](C(=O)N[C@H](C(=O)N(C)[C@H](/C=C(\C)C(=O)NS(=O)(=O)Cc1ccc(C2(N)CC2)cc1)C(C)C)C(C)(C)C)C(C)(C)c1ccccc1. The highest BCUT2D eigenvalue weighted by atomic mass is 32.2. The van der Waals surface area contributed by atoms with E-state index in [9.17, 15) is 22.8 Å². The molecule has 3 amide bonds. The number of benzene rings is 2. The normalized spacial score (nSPS) is 16.9. The molecule has 0 radical (unpaired) electrons. The molecule has 0 spiro atoms. The Morgan fingerprint density at radius 1 is 0.958 bits per heavy atom. The maximum Gasteiger partial charge on any atom is 0.260 e. The second kappa shape index (κ2) is 14.9. The van der Waals surface area contributed by atoms with Crippen LogP contribution in [-0.4, -0.2) is 63.3 Å². The van der Waals surface area contributed by atoms with E-state index in [1.165, 1.54) is 11.8 Å². The van der Waals surface area contributed by atoms with Crippen molar-refractivity contribution < 1.29 is 22.8 Å². The molecule has 1 fully saturated rings. The molecule has 0 saturated heterocycles. The van der Waals surface area contributed by atoms with Gasteiger partial charge in [0.05, 0.1) is 17.8 Å². The average Bonchev–Trinajstić information content (AvgIpc) is 3.75. The van der Waals surface area contributed by atoms with Crippen molar-refractivity contribution in [1.82, 2.24) is 20.3 Å². The molecule has 48 heavy (non-hydrogen) atoms. The zero-order valence-electron chi connectivity index (χ0n) is 30.2. The van der Waals surface area contributed by atoms with Gasteiger partial charge in [0, 0.05) is 23.6 Å². The van der Waals surface area contributed by atoms with Crippen molar-refractivity contribution in [2.24, 2.45) is 17.1 Å². The fourth-order valence-electron chi connectivity index (χ4n) is 6.00. The summed E-state index contributed by atoms with van der Waals surface area (Å²) in [6.45, 7) is 15.0. The fourth-order valence-corrected chi connectivity index (χ4v) is 7.14. The van der Waals surface area contributed by atoms with Gasteiger partial charge in [-0.1, -0.05) is 109 Å². The van der Waals surface area contributed by atoms with E-state index in [2.05, 4.69) is 15.4 Å². The molecular weight excluding hydrogens is 627 g/mol. The van der Waals surface area contributed by atoms with Gasteiger partial charge >= 0.3 is 0 Å². The number of hydrogen-bond acceptors (Lipinski definition) is 7. The van der Waals surface area contributed by atoms with Crippen molar-refractivity contribution >= 4 is 27.7 Å². The number of sulfonamides is 1. The first-order valence-corrected chi connectivity index (χ1v) is 18.2. The molecule has 1 aliphatic carbocycles. The summed E-state index contributed by atoms with van der Waals surface area (Å²) in [5.41, 5.74) is 7.32. The first-order chi connectivity index (χ1) is 22.1. The highest BCUT2D eigenvalue weighted by Crippen LogP contribution is 2.42. The fraction of sp³-hybridized carbons (Fsp3) is 0.541. The molecule has 0 unspecified atom stereocenters. The van der Waals surface area contributed by atoms with E-state index < -0.39 is 44.9 Å². The molecule has 10 nitrogen and oxygen atoms in total. The molecule has 0 heterocycles. The molecule has 1 aliphatic rings. The van der Waals surface area contributed by atoms with Crippen LogP contribution in [0.5, 0.6) is 0 Å². The maximum absolute atomic E-state index is 14.1. The molecule has 0 aliphatic heterocycles. The zero-order chi connectivity index (χ0) is 36.2. The second-order valence-electron chi connectivity index (χ2n) is 15.2. The third kappa shape index (κ3) is 9.54. The Morgan fingerprint density at radius 2 is 1.52 bits per heavy atom. The van der Waals surface area contributed by atoms with Gasteiger partial charge in [0.1, 0.15) is 6.04 Å². The van der Waals surface area contributed by atoms with Crippen LogP contribution >= 0.6 is 0 Å². The number of nitrogens with zero attached hydrogens (tertiary/aromatic N) is 1. The summed E-state index contributed by atoms with van der Waals surface area (Å²) in [4.78, 5) is 42.6. The van der Waals surface area contributed by atoms with Gasteiger partial charge in [-0.25, -0.2) is 13.1 Å². The Kier molecular flexibility index (Phi) is 12.1. The average molecular weight is 682 g/mol. The van der Waals surface area contributed by atoms with E-state index >= 15 is 0 Å². The van der Waals surface area contributed by atoms with Crippen LogP contribution in [0.4, 0.5) is 0 Å². The Morgan fingerprint density at radius 3 is 2.00 bits per heavy atom. The Bertz CT molecular complexity index is 1590. The van der Waals surface area contributed by atoms with Crippen LogP contribution < -0.4 is 21.1 Å². The minimum absolute atomic E-state index is 0.132. The monoisotopic (exact) mass is 681 g/mol. The Balaban J connectivity index is 1.76. The molecule has 11 heteroatoms. The Labute approximate surface area is 287 Å². The summed E-state index contributed by atoms with van der Waals surface area (Å²) in [5.74, 6) is -1.90. The van der Waals surface area contributed by atoms with Crippen LogP contribution in [0.2, 0.25) is 0 Å². The first-order valence-electron chi connectivity index (χ1n) is 16.5. The third-order valence-electron chi connectivity index (χ3n) is 9.37. The molecule has 0 bridgehead atoms. The number of carbonyl (C=O) groups excluding carboxylic acids is 3. The minimum Gasteiger partial charge on any atom is -0.342 e. The number of likely N-dealkylation sites (N-methyl/N-ethyl adjacent to an activating group) is 2. The van der Waals surface area contributed by atoms with Gasteiger partial charge in [0.15, 0.2) is 0 Å². The van der Waals surface area contributed by atoms with E-state index in [0.29, 0.717) is 5.56 Å². The van der Waals surface area contributed by atoms with Crippen LogP contribution in [0.1, 0.15) is 84.9 Å². The summed E-state index contributed by atoms with van der Waals surface area (Å²) in [7, 11) is -0.638. The summed E-state index contributed by atoms with van der Waals surface area (Å²) in [6.07, 6.45) is 3.41. The molecule has 264 valence electrons. The molecule has 0 aromatic heterocycles. The van der Waals surface area contributed by atoms with Crippen molar-refractivity contribution in [3.63, 3.8) is 0 Å². The molecule has 3 rings (SSSR count). The molecule has 5 N–H and O–H groups in total. The van der Waals surface area contributed by atoms with Gasteiger partial charge < -0.3 is 21.3 Å². The standard InChI is InChI=1S/C37H55N5O5S/c1-24(2)29(22-25(3)32(43)41-48(46,47)23-26-16-18-28(19-17-26)37(38)20-21-37)42(10)34(45)31(35(4,5)6)40-33(44)30(39-9)36(7,8)27-14-12-11-13-15-27/h11-19,22,24,29-31,39H,20-21,23,38H2,1-10H3,(H,40,44)(H,41,43)/b25-22+/t29-,30-,31-/m1/s1. The Hall–Kier alpha value is -3.54. The number of nitrogens with two attached hydrogens (primary N) is 1. The summed E-state index contributed by atoms with van der Waals surface area (Å²) >= 11 is 0. The number of rotatable bonds is 14. The quantitative estimate of drug-likeness (QED) is 0.219. The van der Waals surface area contributed by atoms with Crippen LogP contribution in [0, 0.1) is 11.3 Å². The lowest BCUT2D eigenvalue weighted by Crippen LogP contribution is -2.61. The number of hydrogen-bond donors (Lipinski definition) is 4. The van der Waals surface area contributed by atoms with Gasteiger partial charge in [0.25, 0.3) is 5.91 Å². The highest BCUT2D eigenvalue weighted by Gasteiger charge is 2.42. The van der Waals surface area contributed by atoms with Crippen LogP contribution in [0.25, 0.3) is 0 Å². The van der Waals surface area contributed by atoms with Crippen LogP contribution in [0.15, 0.2) is 66.2 Å². The van der Waals surface area contributed by atoms with Crippen molar-refractivity contribution in [2.45, 2.75) is 103 Å². The van der Waals surface area contributed by atoms with Crippen LogP contribution in [0.3, 0.4) is 0 Å². The predicted octanol–water partition coefficient (Wildman–Crippen LogP) is 4.11. The first kappa shape index (κ1) is 38.9. The largest absolute Gasteiger partial charge is 0.342 e. The lowest BCUT2D eigenvalue weighted by molar-refractivity contribution is -0.140. The maximum atomic E-state index is 14.1. The smallest absolute Gasteiger partial charge is 0.260 e. The van der Waals surface area contributed by atoms with E-state index in [4.69, 9.17) is 5.73 Å². The third-order valence-corrected chi connectivity index (χ3v) is 10.6. The summed E-state index contributed by atoms with van der Waals surface area (Å²) < 4.78 is 28.0. The van der Waals surface area contributed by atoms with Gasteiger partial charge in [0.2, 0.25) is 21.8 Å². The molecule has 1 saturated carbocycles. The lowest BCUT2D eigenvalue weighted by atomic mass is 9.76. The lowest BCUT2D eigenvalue weighted by Gasteiger charge is -2.40. The van der Waals surface area contributed by atoms with Gasteiger partial charge in [-0.2, -0.15) is 0 Å². The summed E-state index contributed by atoms with van der Waals surface area (Å²) in [6, 6.07) is 14.8. The topological polar surface area (TPSA) is 151 Å². The van der Waals surface area contributed by atoms with Crippen molar-refractivity contribution in [3.05, 3.63) is 82.9 Å². The second-order valence-corrected chi connectivity index (χ2v) is 16.9. The molecule has 2 aromatic rings. The molecular formula is C37H55N5O5S. The molecule has 3 atom stereocenters. The van der Waals surface area contributed by atoms with E-state index in [1.807, 2.05) is 90.9 Å². The number of amides is 3. The van der Waals surface area contributed by atoms with E-state index in [-0.39, 0.29) is 34.6 Å². The minimum atomic E-state index is -4.00. The van der Waals surface area contributed by atoms with Crippen molar-refractivity contribution in [1.29, 1.82) is 0 Å². The van der Waals surface area contributed by atoms with E-state index in [1.54, 1.807) is 32.3 Å². The highest BCUT2D eigenvalue weighted by molar-refractivity contribution is 7.89. The predicted molar refractivity (Wildman–Crippen MR) is 191 cm³/mol.